The average molecular weight is 400 g/mol. The van der Waals surface area contributed by atoms with Crippen LogP contribution in [0.2, 0.25) is 0 Å². The van der Waals surface area contributed by atoms with Gasteiger partial charge in [-0.1, -0.05) is 20.3 Å². The highest BCUT2D eigenvalue weighted by molar-refractivity contribution is 6.41. The summed E-state index contributed by atoms with van der Waals surface area (Å²) in [6.07, 6.45) is -6.01. The van der Waals surface area contributed by atoms with Crippen LogP contribution in [0.15, 0.2) is 22.2 Å². The van der Waals surface area contributed by atoms with Crippen molar-refractivity contribution in [3.63, 3.8) is 0 Å². The molecule has 1 fully saturated rings. The number of alkyl halides is 2. The molecule has 28 heavy (non-hydrogen) atoms. The van der Waals surface area contributed by atoms with E-state index in [9.17, 15) is 28.3 Å². The van der Waals surface area contributed by atoms with Gasteiger partial charge in [0.1, 0.15) is 5.82 Å². The van der Waals surface area contributed by atoms with Gasteiger partial charge in [-0.15, -0.1) is 0 Å². The fourth-order valence-corrected chi connectivity index (χ4v) is 2.61. The summed E-state index contributed by atoms with van der Waals surface area (Å²) in [6.45, 7) is 3.34. The number of carbonyl (C=O) groups excluding carboxylic acids is 2. The molecule has 5 atom stereocenters. The monoisotopic (exact) mass is 400 g/mol. The maximum Gasteiger partial charge on any atom is 0.350 e. The van der Waals surface area contributed by atoms with E-state index in [1.54, 1.807) is 13.8 Å². The average Bonchev–Trinajstić information content (AvgIpc) is 2.89. The molecule has 1 aliphatic heterocycles. The van der Waals surface area contributed by atoms with Crippen LogP contribution in [0.3, 0.4) is 0 Å². The second-order valence-corrected chi connectivity index (χ2v) is 6.33. The number of ketones is 2. The van der Waals surface area contributed by atoms with Gasteiger partial charge in [0.15, 0.2) is 12.2 Å². The van der Waals surface area contributed by atoms with Gasteiger partial charge in [0.25, 0.3) is 0 Å². The second-order valence-electron chi connectivity index (χ2n) is 6.33. The van der Waals surface area contributed by atoms with E-state index in [2.05, 4.69) is 15.0 Å². The first-order chi connectivity index (χ1) is 13.1. The van der Waals surface area contributed by atoms with Crippen LogP contribution < -0.4 is 11.4 Å². The van der Waals surface area contributed by atoms with Crippen molar-refractivity contribution in [2.45, 2.75) is 50.7 Å². The highest BCUT2D eigenvalue weighted by Gasteiger charge is 2.62. The number of hydrogen-bond donors (Lipinski definition) is 2. The first-order valence-corrected chi connectivity index (χ1v) is 8.25. The second kappa shape index (κ2) is 8.10. The van der Waals surface area contributed by atoms with Crippen LogP contribution in [0.25, 0.3) is 10.4 Å². The molecule has 152 valence electrons. The van der Waals surface area contributed by atoms with Crippen molar-refractivity contribution >= 4 is 17.4 Å². The maximum atomic E-state index is 14.5. The van der Waals surface area contributed by atoms with Gasteiger partial charge in [-0.05, 0) is 22.6 Å². The summed E-state index contributed by atoms with van der Waals surface area (Å²) >= 11 is 0. The van der Waals surface area contributed by atoms with Gasteiger partial charge in [0.05, 0.1) is 6.04 Å². The van der Waals surface area contributed by atoms with Gasteiger partial charge < -0.3 is 15.6 Å². The Morgan fingerprint density at radius 1 is 1.57 bits per heavy atom. The lowest BCUT2D eigenvalue weighted by Gasteiger charge is -2.20. The SMILES string of the molecule is CC[C@H](C)[C@@H](N)C(=O)C(=O)[C@@H]1OC(n2ccc(N=[N+]=[N-])nc2=O)C(F)(F)[C@@H]1O. The largest absolute Gasteiger partial charge is 0.383 e. The van der Waals surface area contributed by atoms with Gasteiger partial charge in [0, 0.05) is 11.1 Å². The van der Waals surface area contributed by atoms with Crippen LogP contribution in [0, 0.1) is 5.92 Å². The Balaban J connectivity index is 2.34. The number of aliphatic hydroxyl groups excluding tert-OH is 1. The fraction of sp³-hybridized carbons (Fsp3) is 0.600. The van der Waals surface area contributed by atoms with Crippen LogP contribution in [-0.4, -0.2) is 50.4 Å². The van der Waals surface area contributed by atoms with Crippen molar-refractivity contribution in [3.8, 4) is 0 Å². The van der Waals surface area contributed by atoms with Crippen molar-refractivity contribution in [2.24, 2.45) is 16.8 Å². The van der Waals surface area contributed by atoms with Crippen LogP contribution in [0.5, 0.6) is 0 Å². The summed E-state index contributed by atoms with van der Waals surface area (Å²) < 4.78 is 34.2. The molecule has 13 heteroatoms. The Morgan fingerprint density at radius 3 is 2.75 bits per heavy atom. The number of azide groups is 1. The Bertz CT molecular complexity index is 884. The maximum absolute atomic E-state index is 14.5. The van der Waals surface area contributed by atoms with Gasteiger partial charge in [-0.3, -0.25) is 14.2 Å². The standard InChI is InChI=1S/C15H18F2N6O5/c1-3-6(2)8(18)9(24)10(25)11-12(26)15(16,17)13(28-11)23-5-4-7(21-22-19)20-14(23)27/h4-6,8,11-13,26H,3,18H2,1-2H3/t6-,8+,11-,12+,13?/m0/s1. The van der Waals surface area contributed by atoms with E-state index < -0.39 is 53.6 Å². The minimum atomic E-state index is -4.09. The Hall–Kier alpha value is -2.73. The topological polar surface area (TPSA) is 173 Å². The third-order valence-electron chi connectivity index (χ3n) is 4.56. The first-order valence-electron chi connectivity index (χ1n) is 8.25. The van der Waals surface area contributed by atoms with Crippen LogP contribution >= 0.6 is 0 Å². The molecule has 0 bridgehead atoms. The zero-order valence-electron chi connectivity index (χ0n) is 14.9. The lowest BCUT2D eigenvalue weighted by Crippen LogP contribution is -2.49. The lowest BCUT2D eigenvalue weighted by atomic mass is 9.91. The zero-order valence-corrected chi connectivity index (χ0v) is 14.9. The molecule has 11 nitrogen and oxygen atoms in total. The lowest BCUT2D eigenvalue weighted by molar-refractivity contribution is -0.149. The number of halogens is 2. The molecule has 0 aliphatic carbocycles. The third-order valence-corrected chi connectivity index (χ3v) is 4.56. The van der Waals surface area contributed by atoms with Crippen LogP contribution in [-0.2, 0) is 14.3 Å². The minimum absolute atomic E-state index is 0.325. The predicted octanol–water partition coefficient (Wildman–Crippen LogP) is 0.590. The summed E-state index contributed by atoms with van der Waals surface area (Å²) in [6, 6.07) is -0.278. The van der Waals surface area contributed by atoms with E-state index in [-0.39, 0.29) is 5.82 Å². The van der Waals surface area contributed by atoms with Gasteiger partial charge in [-0.2, -0.15) is 13.8 Å². The molecule has 1 aromatic heterocycles. The minimum Gasteiger partial charge on any atom is -0.383 e. The summed E-state index contributed by atoms with van der Waals surface area (Å²) in [7, 11) is 0. The molecule has 1 unspecified atom stereocenters. The fourth-order valence-electron chi connectivity index (χ4n) is 2.61. The molecule has 0 radical (unpaired) electrons. The smallest absolute Gasteiger partial charge is 0.350 e. The highest BCUT2D eigenvalue weighted by atomic mass is 19.3. The zero-order chi connectivity index (χ0) is 21.2. The molecule has 2 rings (SSSR count). The molecule has 0 saturated carbocycles. The molecule has 1 saturated heterocycles. The molecule has 3 N–H and O–H groups in total. The van der Waals surface area contributed by atoms with Crippen LogP contribution in [0.4, 0.5) is 14.6 Å². The van der Waals surface area contributed by atoms with E-state index in [0.717, 1.165) is 12.3 Å². The number of nitrogens with two attached hydrogens (primary N) is 1. The van der Waals surface area contributed by atoms with Crippen molar-refractivity contribution in [2.75, 3.05) is 0 Å². The summed E-state index contributed by atoms with van der Waals surface area (Å²) in [5, 5.41) is 12.9. The number of aliphatic hydroxyl groups is 1. The Kier molecular flexibility index (Phi) is 6.24. The molecule has 0 amide bonds. The van der Waals surface area contributed by atoms with Crippen molar-refractivity contribution in [1.82, 2.24) is 9.55 Å². The molecule has 1 aliphatic rings. The van der Waals surface area contributed by atoms with Crippen molar-refractivity contribution < 1.29 is 28.2 Å². The molecular weight excluding hydrogens is 382 g/mol. The number of ether oxygens (including phenoxy) is 1. The van der Waals surface area contributed by atoms with E-state index in [0.29, 0.717) is 11.0 Å². The summed E-state index contributed by atoms with van der Waals surface area (Å²) in [4.78, 5) is 42.1. The third kappa shape index (κ3) is 3.78. The summed E-state index contributed by atoms with van der Waals surface area (Å²) in [5.74, 6) is -7.42. The highest BCUT2D eigenvalue weighted by Crippen LogP contribution is 2.42. The number of hydrogen-bond acceptors (Lipinski definition) is 8. The van der Waals surface area contributed by atoms with E-state index in [4.69, 9.17) is 16.0 Å². The van der Waals surface area contributed by atoms with Crippen molar-refractivity contribution in [1.29, 1.82) is 0 Å². The predicted molar refractivity (Wildman–Crippen MR) is 89.6 cm³/mol. The summed E-state index contributed by atoms with van der Waals surface area (Å²) in [5.41, 5.74) is 12.7. The van der Waals surface area contributed by atoms with Gasteiger partial charge in [0.2, 0.25) is 17.8 Å². The molecule has 0 spiro atoms. The number of Topliss-reactive ketones (excluding diaryl/α,β-unsaturated/α-hetero) is 2. The number of rotatable bonds is 7. The normalized spacial score (nSPS) is 25.6. The Morgan fingerprint density at radius 2 is 2.21 bits per heavy atom. The van der Waals surface area contributed by atoms with Gasteiger partial charge in [-0.25, -0.2) is 4.79 Å². The number of nitrogens with zero attached hydrogens (tertiary/aromatic N) is 5. The molecule has 1 aromatic rings. The Labute approximate surface area is 156 Å². The van der Waals surface area contributed by atoms with E-state index in [1.165, 1.54) is 0 Å². The molecule has 2 heterocycles. The van der Waals surface area contributed by atoms with Crippen LogP contribution in [0.1, 0.15) is 26.5 Å². The number of aromatic nitrogens is 2. The van der Waals surface area contributed by atoms with E-state index in [1.807, 2.05) is 0 Å². The quantitative estimate of drug-likeness (QED) is 0.291. The van der Waals surface area contributed by atoms with E-state index >= 15 is 0 Å². The first kappa shape index (κ1) is 21.6. The van der Waals surface area contributed by atoms with Gasteiger partial charge >= 0.3 is 11.6 Å². The molecule has 0 aromatic carbocycles. The number of carbonyl (C=O) groups is 2. The molecular formula is C15H18F2N6O5. The van der Waals surface area contributed by atoms with Crippen molar-refractivity contribution in [3.05, 3.63) is 33.2 Å².